The molecule has 0 aliphatic rings. The minimum Gasteiger partial charge on any atom is -0.461 e. The van der Waals surface area contributed by atoms with Crippen LogP contribution in [0.5, 0.6) is 0 Å². The summed E-state index contributed by atoms with van der Waals surface area (Å²) in [6.07, 6.45) is -3.04. The molecule has 36 heavy (non-hydrogen) atoms. The van der Waals surface area contributed by atoms with Crippen molar-refractivity contribution in [3.05, 3.63) is 41.0 Å². The number of alkyl halides is 3. The molecular weight excluding hydrogens is 503 g/mol. The fourth-order valence-electron chi connectivity index (χ4n) is 3.50. The summed E-state index contributed by atoms with van der Waals surface area (Å²) in [5, 5.41) is 2.82. The number of nitrogens with zero attached hydrogens (tertiary/aromatic N) is 3. The summed E-state index contributed by atoms with van der Waals surface area (Å²) in [6.45, 7) is 5.49. The standard InChI is InChI=1S/C22H24F3N5O5S/c1-10(2)18(29-21-26-8-14(11(3)31)19(30-21)22(23,24)25)20-27-15-6-13(9-35-12(4)32)17(36(5,33)34)7-16(15)28-20/h6-8,10,18H,9H2,1-5H3,(H,27,28)(H,26,29,30)/t18-/m1/s1. The van der Waals surface area contributed by atoms with Crippen LogP contribution in [0.1, 0.15) is 61.2 Å². The lowest BCUT2D eigenvalue weighted by Gasteiger charge is -2.21. The van der Waals surface area contributed by atoms with Gasteiger partial charge in [-0.3, -0.25) is 9.59 Å². The first-order valence-corrected chi connectivity index (χ1v) is 12.5. The maximum Gasteiger partial charge on any atom is 0.434 e. The first-order chi connectivity index (χ1) is 16.6. The molecule has 1 atom stereocenters. The lowest BCUT2D eigenvalue weighted by atomic mass is 10.0. The second-order valence-electron chi connectivity index (χ2n) is 8.53. The number of sulfone groups is 1. The second-order valence-corrected chi connectivity index (χ2v) is 10.5. The second kappa shape index (κ2) is 9.84. The van der Waals surface area contributed by atoms with Crippen LogP contribution in [0.3, 0.4) is 0 Å². The number of rotatable bonds is 8. The molecule has 3 aromatic rings. The Morgan fingerprint density at radius 3 is 2.36 bits per heavy atom. The third-order valence-electron chi connectivity index (χ3n) is 5.20. The molecule has 10 nitrogen and oxygen atoms in total. The predicted molar refractivity (Wildman–Crippen MR) is 123 cm³/mol. The number of ether oxygens (including phenoxy) is 1. The summed E-state index contributed by atoms with van der Waals surface area (Å²) in [6, 6.07) is 2.11. The number of imidazole rings is 1. The summed E-state index contributed by atoms with van der Waals surface area (Å²) in [5.74, 6) is -1.71. The molecule has 1 aromatic carbocycles. The molecule has 0 radical (unpaired) electrons. The number of halogens is 3. The van der Waals surface area contributed by atoms with E-state index >= 15 is 0 Å². The number of nitrogens with one attached hydrogen (secondary N) is 2. The van der Waals surface area contributed by atoms with Crippen LogP contribution in [0.4, 0.5) is 19.1 Å². The number of carbonyl (C=O) groups is 2. The molecule has 0 bridgehead atoms. The van der Waals surface area contributed by atoms with Crippen molar-refractivity contribution in [2.75, 3.05) is 11.6 Å². The highest BCUT2D eigenvalue weighted by Crippen LogP contribution is 2.33. The van der Waals surface area contributed by atoms with Gasteiger partial charge in [-0.25, -0.2) is 23.4 Å². The van der Waals surface area contributed by atoms with Crippen LogP contribution in [0.25, 0.3) is 11.0 Å². The Balaban J connectivity index is 2.06. The van der Waals surface area contributed by atoms with E-state index in [4.69, 9.17) is 4.74 Å². The summed E-state index contributed by atoms with van der Waals surface area (Å²) in [5.41, 5.74) is -1.05. The average Bonchev–Trinajstić information content (AvgIpc) is 3.16. The van der Waals surface area contributed by atoms with Crippen LogP contribution in [-0.4, -0.2) is 46.4 Å². The van der Waals surface area contributed by atoms with E-state index in [9.17, 15) is 31.2 Å². The van der Waals surface area contributed by atoms with Crippen LogP contribution in [0.2, 0.25) is 0 Å². The van der Waals surface area contributed by atoms with Gasteiger partial charge in [-0.2, -0.15) is 13.2 Å². The first kappa shape index (κ1) is 27.0. The molecule has 0 saturated carbocycles. The quantitative estimate of drug-likeness (QED) is 0.330. The van der Waals surface area contributed by atoms with Crippen LogP contribution in [-0.2, 0) is 32.2 Å². The molecule has 0 spiro atoms. The maximum atomic E-state index is 13.5. The van der Waals surface area contributed by atoms with Crippen LogP contribution in [0, 0.1) is 5.92 Å². The lowest BCUT2D eigenvalue weighted by molar-refractivity contribution is -0.142. The summed E-state index contributed by atoms with van der Waals surface area (Å²) < 4.78 is 69.9. The zero-order valence-electron chi connectivity index (χ0n) is 20.0. The van der Waals surface area contributed by atoms with Crippen LogP contribution < -0.4 is 5.32 Å². The van der Waals surface area contributed by atoms with Crippen molar-refractivity contribution < 1.29 is 35.9 Å². The fourth-order valence-corrected chi connectivity index (χ4v) is 4.42. The molecule has 2 heterocycles. The molecule has 0 saturated heterocycles. The minimum atomic E-state index is -4.87. The number of Topliss-reactive ketones (excluding diaryl/α,β-unsaturated/α-hetero) is 1. The first-order valence-electron chi connectivity index (χ1n) is 10.7. The maximum absolute atomic E-state index is 13.5. The number of carbonyl (C=O) groups excluding carboxylic acids is 2. The van der Waals surface area contributed by atoms with Gasteiger partial charge >= 0.3 is 12.1 Å². The average molecular weight is 528 g/mol. The highest BCUT2D eigenvalue weighted by molar-refractivity contribution is 7.90. The van der Waals surface area contributed by atoms with Crippen molar-refractivity contribution in [1.29, 1.82) is 0 Å². The zero-order valence-corrected chi connectivity index (χ0v) is 20.8. The van der Waals surface area contributed by atoms with Crippen molar-refractivity contribution in [2.45, 2.75) is 51.4 Å². The van der Waals surface area contributed by atoms with E-state index in [0.29, 0.717) is 5.52 Å². The SMILES string of the molecule is CC(=O)OCc1cc2[nH]c([C@H](Nc3ncc(C(C)=O)c(C(F)(F)F)n3)C(C)C)nc2cc1S(C)(=O)=O. The monoisotopic (exact) mass is 527 g/mol. The Kier molecular flexibility index (Phi) is 7.39. The highest BCUT2D eigenvalue weighted by Gasteiger charge is 2.37. The Bertz CT molecular complexity index is 1430. The number of fused-ring (bicyclic) bond motifs is 1. The van der Waals surface area contributed by atoms with Gasteiger partial charge in [0.05, 0.1) is 27.5 Å². The number of H-pyrrole nitrogens is 1. The molecule has 0 fully saturated rings. The summed E-state index contributed by atoms with van der Waals surface area (Å²) in [7, 11) is -3.69. The Morgan fingerprint density at radius 2 is 1.83 bits per heavy atom. The predicted octanol–water partition coefficient (Wildman–Crippen LogP) is 3.85. The highest BCUT2D eigenvalue weighted by atomic mass is 32.2. The van der Waals surface area contributed by atoms with Crippen LogP contribution in [0.15, 0.2) is 23.2 Å². The number of ketones is 1. The van der Waals surface area contributed by atoms with Gasteiger partial charge < -0.3 is 15.0 Å². The molecule has 2 N–H and O–H groups in total. The Hall–Kier alpha value is -3.55. The van der Waals surface area contributed by atoms with Gasteiger partial charge in [0.15, 0.2) is 21.3 Å². The van der Waals surface area contributed by atoms with E-state index in [-0.39, 0.29) is 40.3 Å². The van der Waals surface area contributed by atoms with Crippen molar-refractivity contribution >= 4 is 38.6 Å². The third-order valence-corrected chi connectivity index (χ3v) is 6.37. The van der Waals surface area contributed by atoms with Gasteiger partial charge in [0.2, 0.25) is 5.95 Å². The van der Waals surface area contributed by atoms with E-state index in [1.165, 1.54) is 19.1 Å². The number of hydrogen-bond acceptors (Lipinski definition) is 9. The van der Waals surface area contributed by atoms with Gasteiger partial charge in [-0.05, 0) is 25.0 Å². The number of benzene rings is 1. The van der Waals surface area contributed by atoms with Crippen LogP contribution >= 0.6 is 0 Å². The minimum absolute atomic E-state index is 0.0682. The smallest absolute Gasteiger partial charge is 0.434 e. The van der Waals surface area contributed by atoms with E-state index in [2.05, 4.69) is 25.3 Å². The molecule has 0 amide bonds. The molecule has 0 aliphatic carbocycles. The number of anilines is 1. The molecule has 3 rings (SSSR count). The number of esters is 1. The van der Waals surface area contributed by atoms with Gasteiger partial charge in [0.25, 0.3) is 0 Å². The number of aromatic amines is 1. The zero-order chi connectivity index (χ0) is 27.0. The van der Waals surface area contributed by atoms with Gasteiger partial charge in [-0.15, -0.1) is 0 Å². The van der Waals surface area contributed by atoms with Crippen molar-refractivity contribution in [3.8, 4) is 0 Å². The molecule has 0 aliphatic heterocycles. The number of aromatic nitrogens is 4. The summed E-state index contributed by atoms with van der Waals surface area (Å²) in [4.78, 5) is 37.6. The van der Waals surface area contributed by atoms with Gasteiger partial charge in [0, 0.05) is 24.9 Å². The van der Waals surface area contributed by atoms with Gasteiger partial charge in [-0.1, -0.05) is 13.8 Å². The van der Waals surface area contributed by atoms with E-state index in [1.807, 2.05) is 0 Å². The third kappa shape index (κ3) is 5.98. The topological polar surface area (TPSA) is 144 Å². The van der Waals surface area contributed by atoms with Gasteiger partial charge in [0.1, 0.15) is 12.4 Å². The normalized spacial score (nSPS) is 13.1. The van der Waals surface area contributed by atoms with Crippen molar-refractivity contribution in [3.63, 3.8) is 0 Å². The van der Waals surface area contributed by atoms with Crippen molar-refractivity contribution in [1.82, 2.24) is 19.9 Å². The van der Waals surface area contributed by atoms with E-state index in [1.54, 1.807) is 13.8 Å². The Labute approximate surface area is 204 Å². The molecule has 0 unspecified atom stereocenters. The molecule has 14 heteroatoms. The van der Waals surface area contributed by atoms with Crippen molar-refractivity contribution in [2.24, 2.45) is 5.92 Å². The van der Waals surface area contributed by atoms with E-state index in [0.717, 1.165) is 19.4 Å². The lowest BCUT2D eigenvalue weighted by Crippen LogP contribution is -2.22. The largest absolute Gasteiger partial charge is 0.461 e. The fraction of sp³-hybridized carbons (Fsp3) is 0.409. The number of hydrogen-bond donors (Lipinski definition) is 2. The molecule has 2 aromatic heterocycles. The molecule has 194 valence electrons. The summed E-state index contributed by atoms with van der Waals surface area (Å²) >= 11 is 0. The van der Waals surface area contributed by atoms with E-state index < -0.39 is 45.1 Å². The Morgan fingerprint density at radius 1 is 1.17 bits per heavy atom. The molecular formula is C22H24F3N5O5S.